The van der Waals surface area contributed by atoms with Gasteiger partial charge in [-0.2, -0.15) is 0 Å². The maximum absolute atomic E-state index is 9.06. The second kappa shape index (κ2) is 6.45. The van der Waals surface area contributed by atoms with Crippen molar-refractivity contribution in [1.82, 2.24) is 0 Å². The molecule has 1 fully saturated rings. The number of aliphatic hydroxyl groups excluding tert-OH is 1. The van der Waals surface area contributed by atoms with Crippen LogP contribution in [0.15, 0.2) is 12.7 Å². The Morgan fingerprint density at radius 1 is 1.70 bits per heavy atom. The molecular weight excluding hydrogens is 132 g/mol. The summed E-state index contributed by atoms with van der Waals surface area (Å²) in [5.41, 5.74) is 0. The van der Waals surface area contributed by atoms with Gasteiger partial charge in [-0.15, -0.1) is 0 Å². The summed E-state index contributed by atoms with van der Waals surface area (Å²) in [5, 5.41) is 8.51. The van der Waals surface area contributed by atoms with Crippen molar-refractivity contribution in [1.29, 1.82) is 0 Å². The number of aliphatic hydroxyl groups is 1. The Bertz CT molecular complexity index is 89.0. The van der Waals surface area contributed by atoms with Crippen LogP contribution in [0.3, 0.4) is 0 Å². The first-order valence-corrected chi connectivity index (χ1v) is 3.17. The SMILES string of the molecule is C=CC=O.OC1CCCO1. The molecule has 1 N–H and O–H groups in total. The van der Waals surface area contributed by atoms with Gasteiger partial charge >= 0.3 is 0 Å². The number of rotatable bonds is 1. The van der Waals surface area contributed by atoms with Crippen LogP contribution in [-0.2, 0) is 9.53 Å². The minimum atomic E-state index is -0.454. The van der Waals surface area contributed by atoms with Gasteiger partial charge < -0.3 is 9.84 Å². The van der Waals surface area contributed by atoms with Gasteiger partial charge in [0.15, 0.2) is 6.29 Å². The van der Waals surface area contributed by atoms with Crippen LogP contribution >= 0.6 is 0 Å². The van der Waals surface area contributed by atoms with E-state index in [2.05, 4.69) is 6.58 Å². The molecule has 3 nitrogen and oxygen atoms in total. The molecule has 0 saturated carbocycles. The molecular formula is C7H12O3. The topological polar surface area (TPSA) is 46.5 Å². The quantitative estimate of drug-likeness (QED) is 0.430. The molecule has 0 aromatic carbocycles. The van der Waals surface area contributed by atoms with Crippen molar-refractivity contribution in [2.24, 2.45) is 0 Å². The number of carbonyl (C=O) groups excluding carboxylic acids is 1. The van der Waals surface area contributed by atoms with Crippen LogP contribution in [0.5, 0.6) is 0 Å². The van der Waals surface area contributed by atoms with Crippen LogP contribution in [0.25, 0.3) is 0 Å². The molecule has 0 bridgehead atoms. The minimum absolute atomic E-state index is 0.454. The van der Waals surface area contributed by atoms with Gasteiger partial charge in [-0.25, -0.2) is 0 Å². The van der Waals surface area contributed by atoms with Crippen molar-refractivity contribution in [3.63, 3.8) is 0 Å². The van der Waals surface area contributed by atoms with E-state index in [1.165, 1.54) is 6.08 Å². The lowest BCUT2D eigenvalue weighted by Crippen LogP contribution is -1.99. The number of hydrogen-bond acceptors (Lipinski definition) is 3. The summed E-state index contributed by atoms with van der Waals surface area (Å²) in [6.07, 6.45) is 3.21. The number of allylic oxidation sites excluding steroid dienone is 1. The van der Waals surface area contributed by atoms with Gasteiger partial charge in [0.1, 0.15) is 6.29 Å². The molecule has 10 heavy (non-hydrogen) atoms. The summed E-state index contributed by atoms with van der Waals surface area (Å²) in [4.78, 5) is 9.06. The van der Waals surface area contributed by atoms with Crippen molar-refractivity contribution in [3.8, 4) is 0 Å². The molecule has 1 heterocycles. The van der Waals surface area contributed by atoms with E-state index in [-0.39, 0.29) is 0 Å². The molecule has 0 radical (unpaired) electrons. The highest BCUT2D eigenvalue weighted by Crippen LogP contribution is 2.06. The molecule has 0 aromatic heterocycles. The van der Waals surface area contributed by atoms with Crippen LogP contribution in [-0.4, -0.2) is 24.3 Å². The van der Waals surface area contributed by atoms with Crippen LogP contribution in [0.4, 0.5) is 0 Å². The normalized spacial score (nSPS) is 22.7. The van der Waals surface area contributed by atoms with Gasteiger partial charge in [0.25, 0.3) is 0 Å². The van der Waals surface area contributed by atoms with E-state index in [1.807, 2.05) is 0 Å². The van der Waals surface area contributed by atoms with Gasteiger partial charge in [-0.1, -0.05) is 6.58 Å². The van der Waals surface area contributed by atoms with Crippen LogP contribution in [0.1, 0.15) is 12.8 Å². The Kier molecular flexibility index (Phi) is 6.02. The summed E-state index contributed by atoms with van der Waals surface area (Å²) in [5.74, 6) is 0. The Balaban J connectivity index is 0.000000180. The fourth-order valence-electron chi connectivity index (χ4n) is 0.561. The van der Waals surface area contributed by atoms with Crippen LogP contribution < -0.4 is 0 Å². The van der Waals surface area contributed by atoms with Gasteiger partial charge in [-0.05, 0) is 12.5 Å². The number of carbonyl (C=O) groups is 1. The number of ether oxygens (including phenoxy) is 1. The van der Waals surface area contributed by atoms with E-state index in [9.17, 15) is 0 Å². The van der Waals surface area contributed by atoms with Crippen molar-refractivity contribution < 1.29 is 14.6 Å². The highest BCUT2D eigenvalue weighted by molar-refractivity contribution is 5.63. The van der Waals surface area contributed by atoms with Crippen molar-refractivity contribution >= 4 is 6.29 Å². The molecule has 1 saturated heterocycles. The molecule has 0 aromatic rings. The van der Waals surface area contributed by atoms with Gasteiger partial charge in [0.2, 0.25) is 0 Å². The monoisotopic (exact) mass is 144 g/mol. The first-order valence-electron chi connectivity index (χ1n) is 3.17. The maximum atomic E-state index is 9.06. The van der Waals surface area contributed by atoms with Gasteiger partial charge in [-0.3, -0.25) is 4.79 Å². The summed E-state index contributed by atoms with van der Waals surface area (Å²) in [6.45, 7) is 3.85. The Hall–Kier alpha value is -0.670. The standard InChI is InChI=1S/C4H8O2.C3H4O/c5-4-2-1-3-6-4;1-2-3-4/h4-5H,1-3H2;2-3H,1H2. The third-order valence-corrected chi connectivity index (χ3v) is 1.00. The molecule has 1 unspecified atom stereocenters. The predicted octanol–water partition coefficient (Wildman–Crippen LogP) is 0.486. The average Bonchev–Trinajstić information content (AvgIpc) is 2.40. The third kappa shape index (κ3) is 5.47. The predicted molar refractivity (Wildman–Crippen MR) is 37.5 cm³/mol. The maximum Gasteiger partial charge on any atom is 0.154 e. The first-order chi connectivity index (χ1) is 4.81. The fourth-order valence-corrected chi connectivity index (χ4v) is 0.561. The smallest absolute Gasteiger partial charge is 0.154 e. The molecule has 0 aliphatic carbocycles. The van der Waals surface area contributed by atoms with E-state index in [4.69, 9.17) is 14.6 Å². The summed E-state index contributed by atoms with van der Waals surface area (Å²) < 4.78 is 4.71. The van der Waals surface area contributed by atoms with Crippen molar-refractivity contribution in [2.75, 3.05) is 6.61 Å². The van der Waals surface area contributed by atoms with E-state index in [0.717, 1.165) is 19.4 Å². The summed E-state index contributed by atoms with van der Waals surface area (Å²) >= 11 is 0. The highest BCUT2D eigenvalue weighted by atomic mass is 16.6. The number of hydrogen-bond donors (Lipinski definition) is 1. The van der Waals surface area contributed by atoms with Crippen molar-refractivity contribution in [2.45, 2.75) is 19.1 Å². The third-order valence-electron chi connectivity index (χ3n) is 1.00. The van der Waals surface area contributed by atoms with E-state index < -0.39 is 6.29 Å². The largest absolute Gasteiger partial charge is 0.368 e. The molecule has 3 heteroatoms. The fraction of sp³-hybridized carbons (Fsp3) is 0.571. The second-order valence-electron chi connectivity index (χ2n) is 1.84. The lowest BCUT2D eigenvalue weighted by atomic mass is 10.4. The van der Waals surface area contributed by atoms with E-state index in [0.29, 0.717) is 6.29 Å². The zero-order valence-corrected chi connectivity index (χ0v) is 5.82. The Morgan fingerprint density at radius 2 is 2.30 bits per heavy atom. The van der Waals surface area contributed by atoms with E-state index >= 15 is 0 Å². The molecule has 0 amide bonds. The molecule has 58 valence electrons. The zero-order valence-electron chi connectivity index (χ0n) is 5.82. The van der Waals surface area contributed by atoms with Crippen LogP contribution in [0.2, 0.25) is 0 Å². The second-order valence-corrected chi connectivity index (χ2v) is 1.84. The average molecular weight is 144 g/mol. The van der Waals surface area contributed by atoms with Gasteiger partial charge in [0.05, 0.1) is 0 Å². The zero-order chi connectivity index (χ0) is 7.82. The molecule has 1 aliphatic rings. The molecule has 0 spiro atoms. The highest BCUT2D eigenvalue weighted by Gasteiger charge is 2.09. The Labute approximate surface area is 60.3 Å². The molecule has 1 rings (SSSR count). The van der Waals surface area contributed by atoms with Crippen LogP contribution in [0, 0.1) is 0 Å². The van der Waals surface area contributed by atoms with Gasteiger partial charge in [0, 0.05) is 13.0 Å². The lowest BCUT2D eigenvalue weighted by Gasteiger charge is -1.93. The van der Waals surface area contributed by atoms with Crippen molar-refractivity contribution in [3.05, 3.63) is 12.7 Å². The first kappa shape index (κ1) is 9.33. The van der Waals surface area contributed by atoms with E-state index in [1.54, 1.807) is 0 Å². The molecule has 1 aliphatic heterocycles. The summed E-state index contributed by atoms with van der Waals surface area (Å²) in [6, 6.07) is 0. The molecule has 1 atom stereocenters. The summed E-state index contributed by atoms with van der Waals surface area (Å²) in [7, 11) is 0. The number of aldehydes is 1. The Morgan fingerprint density at radius 3 is 2.40 bits per heavy atom. The lowest BCUT2D eigenvalue weighted by molar-refractivity contribution is -0.104. The minimum Gasteiger partial charge on any atom is -0.368 e.